The minimum atomic E-state index is -3.77. The summed E-state index contributed by atoms with van der Waals surface area (Å²) in [5, 5.41) is 3.89. The van der Waals surface area contributed by atoms with Crippen LogP contribution in [0.15, 0.2) is 53.6 Å². The van der Waals surface area contributed by atoms with E-state index in [-0.39, 0.29) is 16.2 Å². The molecule has 1 aromatic heterocycles. The number of nitrogens with zero attached hydrogens (tertiary/aromatic N) is 3. The van der Waals surface area contributed by atoms with Crippen molar-refractivity contribution in [3.05, 3.63) is 54.2 Å². The van der Waals surface area contributed by atoms with Gasteiger partial charge in [0.2, 0.25) is 10.0 Å². The Labute approximate surface area is 199 Å². The van der Waals surface area contributed by atoms with Gasteiger partial charge in [-0.1, -0.05) is 0 Å². The maximum absolute atomic E-state index is 12.9. The van der Waals surface area contributed by atoms with E-state index in [4.69, 9.17) is 9.47 Å². The van der Waals surface area contributed by atoms with E-state index in [1.165, 1.54) is 33.3 Å². The Morgan fingerprint density at radius 3 is 2.56 bits per heavy atom. The molecule has 4 rings (SSSR count). The predicted octanol–water partition coefficient (Wildman–Crippen LogP) is 2.48. The van der Waals surface area contributed by atoms with Crippen LogP contribution in [0.25, 0.3) is 10.9 Å². The predicted molar refractivity (Wildman–Crippen MR) is 131 cm³/mol. The van der Waals surface area contributed by atoms with Gasteiger partial charge in [-0.15, -0.1) is 0 Å². The number of ether oxygens (including phenoxy) is 2. The Morgan fingerprint density at radius 2 is 1.85 bits per heavy atom. The number of rotatable bonds is 8. The second kappa shape index (κ2) is 10.1. The van der Waals surface area contributed by atoms with Crippen LogP contribution in [-0.2, 0) is 21.3 Å². The maximum atomic E-state index is 12.9. The number of hydrogen-bond donors (Lipinski definition) is 1. The van der Waals surface area contributed by atoms with Crippen molar-refractivity contribution in [3.8, 4) is 5.75 Å². The molecule has 1 fully saturated rings. The van der Waals surface area contributed by atoms with Crippen molar-refractivity contribution in [2.45, 2.75) is 11.4 Å². The number of anilines is 1. The lowest BCUT2D eigenvalue weighted by Crippen LogP contribution is -2.38. The molecule has 1 saturated heterocycles. The van der Waals surface area contributed by atoms with Crippen LogP contribution >= 0.6 is 0 Å². The number of aromatic nitrogens is 1. The number of amides is 1. The van der Waals surface area contributed by atoms with E-state index in [1.807, 2.05) is 24.3 Å². The number of sulfonamides is 1. The van der Waals surface area contributed by atoms with Gasteiger partial charge in [-0.2, -0.15) is 0 Å². The summed E-state index contributed by atoms with van der Waals surface area (Å²) in [7, 11) is 0.490. The Balaban J connectivity index is 1.50. The highest BCUT2D eigenvalue weighted by Gasteiger charge is 2.24. The molecular formula is C24H30N4O5S. The van der Waals surface area contributed by atoms with Crippen molar-refractivity contribution in [2.24, 2.45) is 0 Å². The van der Waals surface area contributed by atoms with E-state index in [1.54, 1.807) is 6.07 Å². The van der Waals surface area contributed by atoms with Crippen LogP contribution in [0.5, 0.6) is 5.75 Å². The van der Waals surface area contributed by atoms with Crippen molar-refractivity contribution in [3.63, 3.8) is 0 Å². The number of methoxy groups -OCH3 is 1. The molecule has 0 aliphatic carbocycles. The lowest BCUT2D eigenvalue weighted by molar-refractivity contribution is 0.0365. The number of carbonyl (C=O) groups is 1. The van der Waals surface area contributed by atoms with Crippen molar-refractivity contribution >= 4 is 32.5 Å². The van der Waals surface area contributed by atoms with Gasteiger partial charge in [-0.25, -0.2) is 12.7 Å². The van der Waals surface area contributed by atoms with Crippen molar-refractivity contribution in [1.82, 2.24) is 13.8 Å². The van der Waals surface area contributed by atoms with E-state index < -0.39 is 15.9 Å². The van der Waals surface area contributed by atoms with Crippen LogP contribution in [0.3, 0.4) is 0 Å². The average Bonchev–Trinajstić information content (AvgIpc) is 3.25. The monoisotopic (exact) mass is 486 g/mol. The number of morpholine rings is 1. The largest absolute Gasteiger partial charge is 0.495 e. The molecule has 1 amide bonds. The van der Waals surface area contributed by atoms with Crippen LogP contribution in [-0.4, -0.2) is 82.2 Å². The van der Waals surface area contributed by atoms with Gasteiger partial charge in [0, 0.05) is 68.6 Å². The smallest absolute Gasteiger partial charge is 0.255 e. The fourth-order valence-electron chi connectivity index (χ4n) is 3.97. The van der Waals surface area contributed by atoms with Gasteiger partial charge in [-0.3, -0.25) is 9.69 Å². The molecular weight excluding hydrogens is 456 g/mol. The molecule has 1 aliphatic rings. The summed E-state index contributed by atoms with van der Waals surface area (Å²) < 4.78 is 39.2. The topological polar surface area (TPSA) is 93.1 Å². The molecule has 182 valence electrons. The van der Waals surface area contributed by atoms with E-state index in [2.05, 4.69) is 21.0 Å². The summed E-state index contributed by atoms with van der Waals surface area (Å²) >= 11 is 0. The van der Waals surface area contributed by atoms with E-state index in [0.717, 1.165) is 54.6 Å². The zero-order chi connectivity index (χ0) is 24.3. The fourth-order valence-corrected chi connectivity index (χ4v) is 5.04. The minimum absolute atomic E-state index is 0.0551. The van der Waals surface area contributed by atoms with Crippen LogP contribution in [0.1, 0.15) is 10.4 Å². The Bertz CT molecular complexity index is 1280. The number of carbonyl (C=O) groups excluding carboxylic acids is 1. The number of hydrogen-bond acceptors (Lipinski definition) is 6. The van der Waals surface area contributed by atoms with Crippen LogP contribution in [0.4, 0.5) is 5.69 Å². The Hall–Kier alpha value is -2.92. The van der Waals surface area contributed by atoms with Gasteiger partial charge in [0.15, 0.2) is 0 Å². The van der Waals surface area contributed by atoms with Crippen LogP contribution < -0.4 is 10.1 Å². The van der Waals surface area contributed by atoms with Crippen molar-refractivity contribution in [1.29, 1.82) is 0 Å². The maximum Gasteiger partial charge on any atom is 0.255 e. The Morgan fingerprint density at radius 1 is 1.09 bits per heavy atom. The molecule has 34 heavy (non-hydrogen) atoms. The molecule has 0 spiro atoms. The summed E-state index contributed by atoms with van der Waals surface area (Å²) in [4.78, 5) is 15.2. The second-order valence-electron chi connectivity index (χ2n) is 8.34. The molecule has 9 nitrogen and oxygen atoms in total. The number of benzene rings is 2. The van der Waals surface area contributed by atoms with Gasteiger partial charge < -0.3 is 19.4 Å². The fraction of sp³-hybridized carbons (Fsp3) is 0.375. The Kier molecular flexibility index (Phi) is 7.22. The first-order valence-electron chi connectivity index (χ1n) is 11.1. The highest BCUT2D eigenvalue weighted by molar-refractivity contribution is 7.89. The third-order valence-corrected chi connectivity index (χ3v) is 7.81. The first-order valence-corrected chi connectivity index (χ1v) is 12.5. The number of nitrogens with one attached hydrogen (secondary N) is 1. The normalized spacial score (nSPS) is 15.1. The van der Waals surface area contributed by atoms with Gasteiger partial charge in [0.1, 0.15) is 10.6 Å². The molecule has 0 bridgehead atoms. The minimum Gasteiger partial charge on any atom is -0.495 e. The van der Waals surface area contributed by atoms with E-state index in [9.17, 15) is 13.2 Å². The SMILES string of the molecule is COc1ccc(C(=O)Nc2ccc3c(ccn3CCN3CCOCC3)c2)cc1S(=O)(=O)N(C)C. The summed E-state index contributed by atoms with van der Waals surface area (Å²) in [5.74, 6) is -0.214. The third-order valence-electron chi connectivity index (χ3n) is 5.97. The standard InChI is InChI=1S/C24H30N4O5S/c1-26(2)34(30,31)23-17-19(4-7-22(23)32-3)24(29)25-20-5-6-21-18(16-20)8-9-28(21)11-10-27-12-14-33-15-13-27/h4-9,16-17H,10-15H2,1-3H3,(H,25,29). The average molecular weight is 487 g/mol. The van der Waals surface area contributed by atoms with Crippen molar-refractivity contribution in [2.75, 3.05) is 59.4 Å². The quantitative estimate of drug-likeness (QED) is 0.526. The third kappa shape index (κ3) is 5.10. The highest BCUT2D eigenvalue weighted by Crippen LogP contribution is 2.28. The van der Waals surface area contributed by atoms with Gasteiger partial charge in [0.05, 0.1) is 20.3 Å². The summed E-state index contributed by atoms with van der Waals surface area (Å²) in [6, 6.07) is 12.2. The van der Waals surface area contributed by atoms with E-state index in [0.29, 0.717) is 5.69 Å². The van der Waals surface area contributed by atoms with Crippen LogP contribution in [0, 0.1) is 0 Å². The summed E-state index contributed by atoms with van der Waals surface area (Å²) in [6.07, 6.45) is 2.05. The van der Waals surface area contributed by atoms with Gasteiger partial charge >= 0.3 is 0 Å². The first-order chi connectivity index (χ1) is 16.3. The second-order valence-corrected chi connectivity index (χ2v) is 10.5. The molecule has 0 radical (unpaired) electrons. The van der Waals surface area contributed by atoms with Crippen LogP contribution in [0.2, 0.25) is 0 Å². The molecule has 0 saturated carbocycles. The summed E-state index contributed by atoms with van der Waals surface area (Å²) in [5.41, 5.74) is 1.95. The molecule has 2 aromatic carbocycles. The number of fused-ring (bicyclic) bond motifs is 1. The molecule has 1 aliphatic heterocycles. The summed E-state index contributed by atoms with van der Waals surface area (Å²) in [6.45, 7) is 5.32. The molecule has 3 aromatic rings. The first kappa shape index (κ1) is 24.2. The molecule has 10 heteroatoms. The molecule has 0 atom stereocenters. The zero-order valence-corrected chi connectivity index (χ0v) is 20.5. The highest BCUT2D eigenvalue weighted by atomic mass is 32.2. The van der Waals surface area contributed by atoms with Gasteiger partial charge in [-0.05, 0) is 42.5 Å². The molecule has 0 unspecified atom stereocenters. The molecule has 1 N–H and O–H groups in total. The zero-order valence-electron chi connectivity index (χ0n) is 19.7. The molecule has 2 heterocycles. The van der Waals surface area contributed by atoms with Gasteiger partial charge in [0.25, 0.3) is 5.91 Å². The van der Waals surface area contributed by atoms with Crippen molar-refractivity contribution < 1.29 is 22.7 Å². The lowest BCUT2D eigenvalue weighted by Gasteiger charge is -2.26. The van der Waals surface area contributed by atoms with E-state index >= 15 is 0 Å². The lowest BCUT2D eigenvalue weighted by atomic mass is 10.2.